The zero-order chi connectivity index (χ0) is 17.8. The van der Waals surface area contributed by atoms with E-state index in [1.165, 1.54) is 22.7 Å². The monoisotopic (exact) mass is 376 g/mol. The Labute approximate surface area is 149 Å². The molecule has 1 N–H and O–H groups in total. The van der Waals surface area contributed by atoms with Crippen LogP contribution in [-0.4, -0.2) is 41.6 Å². The number of nitrogens with one attached hydrogen (secondary N) is 1. The number of thiophene rings is 1. The van der Waals surface area contributed by atoms with E-state index in [1.54, 1.807) is 34.2 Å². The van der Waals surface area contributed by atoms with Gasteiger partial charge in [-0.25, -0.2) is 13.4 Å². The topological polar surface area (TPSA) is 83.8 Å². The Morgan fingerprint density at radius 1 is 1.32 bits per heavy atom. The molecule has 4 rings (SSSR count). The number of hydrogen-bond donors (Lipinski definition) is 1. The minimum Gasteiger partial charge on any atom is -0.343 e. The van der Waals surface area contributed by atoms with E-state index in [-0.39, 0.29) is 23.4 Å². The Balaban J connectivity index is 1.64. The first-order valence-corrected chi connectivity index (χ1v) is 9.98. The standard InChI is InChI=1S/C16H16N4O3S2/c1-10-7-20-8-11(3-4-14(20)17-10)16(21)18-12-9-19(2)25(22,23)13-5-6-24-15(12)13/h3-8,12H,9H2,1-2H3,(H,18,21)/t12-/m1/s1. The van der Waals surface area contributed by atoms with Gasteiger partial charge in [0.15, 0.2) is 0 Å². The number of pyridine rings is 1. The number of aromatic nitrogens is 2. The Kier molecular flexibility index (Phi) is 3.67. The predicted octanol–water partition coefficient (Wildman–Crippen LogP) is 1.81. The second-order valence-electron chi connectivity index (χ2n) is 6.03. The normalized spacial score (nSPS) is 19.7. The zero-order valence-electron chi connectivity index (χ0n) is 13.6. The second kappa shape index (κ2) is 5.65. The molecule has 0 spiro atoms. The molecule has 3 aromatic rings. The first-order chi connectivity index (χ1) is 11.9. The van der Waals surface area contributed by atoms with Crippen molar-refractivity contribution in [3.8, 4) is 0 Å². The van der Waals surface area contributed by atoms with Crippen LogP contribution in [0.1, 0.15) is 27.0 Å². The maximum Gasteiger partial charge on any atom is 0.253 e. The molecule has 0 radical (unpaired) electrons. The summed E-state index contributed by atoms with van der Waals surface area (Å²) in [5.41, 5.74) is 2.15. The Morgan fingerprint density at radius 3 is 2.92 bits per heavy atom. The van der Waals surface area contributed by atoms with Crippen LogP contribution in [0.5, 0.6) is 0 Å². The number of likely N-dealkylation sites (N-methyl/N-ethyl adjacent to an activating group) is 1. The van der Waals surface area contributed by atoms with Gasteiger partial charge in [0.25, 0.3) is 5.91 Å². The average molecular weight is 376 g/mol. The number of hydrogen-bond acceptors (Lipinski definition) is 5. The number of rotatable bonds is 2. The van der Waals surface area contributed by atoms with Crippen LogP contribution in [0.25, 0.3) is 5.65 Å². The molecular weight excluding hydrogens is 360 g/mol. The highest BCUT2D eigenvalue weighted by Gasteiger charge is 2.36. The summed E-state index contributed by atoms with van der Waals surface area (Å²) in [6, 6.07) is 4.73. The Hall–Kier alpha value is -2.23. The highest BCUT2D eigenvalue weighted by Crippen LogP contribution is 2.35. The first-order valence-electron chi connectivity index (χ1n) is 7.66. The van der Waals surface area contributed by atoms with Gasteiger partial charge in [-0.2, -0.15) is 4.31 Å². The van der Waals surface area contributed by atoms with Gasteiger partial charge < -0.3 is 9.72 Å². The fourth-order valence-electron chi connectivity index (χ4n) is 2.99. The van der Waals surface area contributed by atoms with Crippen LogP contribution in [0, 0.1) is 6.92 Å². The van der Waals surface area contributed by atoms with Gasteiger partial charge in [-0.1, -0.05) is 0 Å². The van der Waals surface area contributed by atoms with Gasteiger partial charge in [0.1, 0.15) is 5.65 Å². The van der Waals surface area contributed by atoms with Crippen molar-refractivity contribution in [2.24, 2.45) is 0 Å². The maximum absolute atomic E-state index is 12.7. The molecule has 0 aliphatic carbocycles. The van der Waals surface area contributed by atoms with Crippen molar-refractivity contribution in [3.05, 3.63) is 52.1 Å². The molecular formula is C16H16N4O3S2. The van der Waals surface area contributed by atoms with Gasteiger partial charge in [0.2, 0.25) is 10.0 Å². The molecule has 3 aromatic heterocycles. The smallest absolute Gasteiger partial charge is 0.253 e. The highest BCUT2D eigenvalue weighted by molar-refractivity contribution is 7.89. The quantitative estimate of drug-likeness (QED) is 0.739. The van der Waals surface area contributed by atoms with E-state index in [4.69, 9.17) is 0 Å². The number of sulfonamides is 1. The van der Waals surface area contributed by atoms with Crippen molar-refractivity contribution in [2.75, 3.05) is 13.6 Å². The van der Waals surface area contributed by atoms with E-state index in [0.29, 0.717) is 10.4 Å². The summed E-state index contributed by atoms with van der Waals surface area (Å²) < 4.78 is 27.7. The summed E-state index contributed by atoms with van der Waals surface area (Å²) in [6.07, 6.45) is 3.58. The molecule has 1 aliphatic rings. The zero-order valence-corrected chi connectivity index (χ0v) is 15.3. The third-order valence-electron chi connectivity index (χ3n) is 4.24. The minimum atomic E-state index is -3.46. The largest absolute Gasteiger partial charge is 0.343 e. The third-order valence-corrected chi connectivity index (χ3v) is 7.28. The third kappa shape index (κ3) is 2.64. The summed E-state index contributed by atoms with van der Waals surface area (Å²) in [5.74, 6) is -0.245. The van der Waals surface area contributed by atoms with Crippen molar-refractivity contribution in [1.29, 1.82) is 0 Å². The number of carbonyl (C=O) groups is 1. The maximum atomic E-state index is 12.7. The SMILES string of the molecule is Cc1cn2cc(C(=O)N[C@@H]3CN(C)S(=O)(=O)c4ccsc43)ccc2n1. The van der Waals surface area contributed by atoms with Crippen LogP contribution in [0.2, 0.25) is 0 Å². The molecule has 0 saturated carbocycles. The van der Waals surface area contributed by atoms with Gasteiger partial charge in [-0.05, 0) is 30.5 Å². The number of carbonyl (C=O) groups excluding carboxylic acids is 1. The molecule has 25 heavy (non-hydrogen) atoms. The van der Waals surface area contributed by atoms with Gasteiger partial charge >= 0.3 is 0 Å². The van der Waals surface area contributed by atoms with Crippen molar-refractivity contribution in [1.82, 2.24) is 19.0 Å². The highest BCUT2D eigenvalue weighted by atomic mass is 32.2. The summed E-state index contributed by atoms with van der Waals surface area (Å²) >= 11 is 1.35. The molecule has 1 aliphatic heterocycles. The van der Waals surface area contributed by atoms with E-state index in [9.17, 15) is 13.2 Å². The number of fused-ring (bicyclic) bond motifs is 2. The molecule has 1 amide bonds. The molecule has 0 unspecified atom stereocenters. The Bertz CT molecular complexity index is 1080. The van der Waals surface area contributed by atoms with E-state index in [2.05, 4.69) is 10.3 Å². The van der Waals surface area contributed by atoms with Crippen molar-refractivity contribution < 1.29 is 13.2 Å². The molecule has 0 bridgehead atoms. The molecule has 0 aromatic carbocycles. The lowest BCUT2D eigenvalue weighted by Gasteiger charge is -2.29. The minimum absolute atomic E-state index is 0.216. The van der Waals surface area contributed by atoms with Crippen molar-refractivity contribution in [3.63, 3.8) is 0 Å². The summed E-state index contributed by atoms with van der Waals surface area (Å²) in [6.45, 7) is 2.11. The van der Waals surface area contributed by atoms with Crippen LogP contribution in [0.3, 0.4) is 0 Å². The molecule has 4 heterocycles. The van der Waals surface area contributed by atoms with Crippen molar-refractivity contribution in [2.45, 2.75) is 17.9 Å². The van der Waals surface area contributed by atoms with E-state index in [1.807, 2.05) is 13.1 Å². The number of nitrogens with zero attached hydrogens (tertiary/aromatic N) is 3. The van der Waals surface area contributed by atoms with Crippen molar-refractivity contribution >= 4 is 32.9 Å². The van der Waals surface area contributed by atoms with Crippen LogP contribution < -0.4 is 5.32 Å². The van der Waals surface area contributed by atoms with E-state index in [0.717, 1.165) is 11.3 Å². The average Bonchev–Trinajstić information content (AvgIpc) is 3.18. The molecule has 0 saturated heterocycles. The van der Waals surface area contributed by atoms with E-state index >= 15 is 0 Å². The summed E-state index contributed by atoms with van der Waals surface area (Å²) in [7, 11) is -1.93. The molecule has 9 heteroatoms. The van der Waals surface area contributed by atoms with Crippen LogP contribution >= 0.6 is 11.3 Å². The lowest BCUT2D eigenvalue weighted by atomic mass is 10.2. The number of aryl methyl sites for hydroxylation is 1. The van der Waals surface area contributed by atoms with Crippen LogP contribution in [-0.2, 0) is 10.0 Å². The first kappa shape index (κ1) is 16.2. The van der Waals surface area contributed by atoms with Gasteiger partial charge in [0.05, 0.1) is 22.2 Å². The fourth-order valence-corrected chi connectivity index (χ4v) is 5.68. The molecule has 7 nitrogen and oxygen atoms in total. The number of imidazole rings is 1. The fraction of sp³-hybridized carbons (Fsp3) is 0.250. The van der Waals surface area contributed by atoms with Gasteiger partial charge in [-0.15, -0.1) is 11.3 Å². The lowest BCUT2D eigenvalue weighted by molar-refractivity contribution is 0.0931. The van der Waals surface area contributed by atoms with Gasteiger partial charge in [0, 0.05) is 30.9 Å². The molecule has 0 fully saturated rings. The van der Waals surface area contributed by atoms with Crippen LogP contribution in [0.15, 0.2) is 40.9 Å². The molecule has 130 valence electrons. The summed E-state index contributed by atoms with van der Waals surface area (Å²) in [4.78, 5) is 17.9. The lowest BCUT2D eigenvalue weighted by Crippen LogP contribution is -2.42. The van der Waals surface area contributed by atoms with Gasteiger partial charge in [-0.3, -0.25) is 4.79 Å². The Morgan fingerprint density at radius 2 is 2.12 bits per heavy atom. The number of amides is 1. The second-order valence-corrected chi connectivity index (χ2v) is 8.99. The van der Waals surface area contributed by atoms with Crippen LogP contribution in [0.4, 0.5) is 0 Å². The van der Waals surface area contributed by atoms with E-state index < -0.39 is 10.0 Å². The molecule has 1 atom stereocenters. The summed E-state index contributed by atoms with van der Waals surface area (Å²) in [5, 5.41) is 4.69. The predicted molar refractivity (Wildman–Crippen MR) is 94.3 cm³/mol.